The van der Waals surface area contributed by atoms with Crippen molar-refractivity contribution in [2.24, 2.45) is 0 Å². The van der Waals surface area contributed by atoms with Gasteiger partial charge in [-0.15, -0.1) is 0 Å². The molecule has 0 radical (unpaired) electrons. The minimum Gasteiger partial charge on any atom is -0.307 e. The number of halogens is 4. The molecule has 6 nitrogen and oxygen atoms in total. The molecule has 38 heavy (non-hydrogen) atoms. The zero-order valence-corrected chi connectivity index (χ0v) is 21.0. The lowest BCUT2D eigenvalue weighted by molar-refractivity contribution is 0.246. The third-order valence-corrected chi connectivity index (χ3v) is 7.28. The molecule has 2 aliphatic heterocycles. The molecule has 4 aromatic carbocycles. The lowest BCUT2D eigenvalue weighted by Gasteiger charge is -2.47. The molecule has 2 N–H and O–H groups in total. The number of amides is 4. The molecule has 0 spiro atoms. The Morgan fingerprint density at radius 2 is 1.00 bits per heavy atom. The minimum atomic E-state index is -0.794. The van der Waals surface area contributed by atoms with Crippen molar-refractivity contribution in [2.45, 2.75) is 12.1 Å². The van der Waals surface area contributed by atoms with Crippen LogP contribution in [0.2, 0.25) is 10.0 Å². The van der Waals surface area contributed by atoms with Crippen molar-refractivity contribution >= 4 is 58.0 Å². The summed E-state index contributed by atoms with van der Waals surface area (Å²) >= 11 is 12.2. The lowest BCUT2D eigenvalue weighted by Crippen LogP contribution is -2.52. The summed E-state index contributed by atoms with van der Waals surface area (Å²) in [6.45, 7) is 0. The van der Waals surface area contributed by atoms with Gasteiger partial charge in [0.05, 0.1) is 22.1 Å². The largest absolute Gasteiger partial charge is 0.326 e. The standard InChI is InChI=1S/C28H18Cl2F2N4O2/c29-19-13-15(9-11-21(19)31)35-25(17-5-1-3-7-23(17)33-27(35)37)26-18-6-2-4-8-24(18)34-28(38)36(26)16-10-12-22(32)20(30)14-16/h1-14,25-26H,(H,33,37)(H,34,38). The Kier molecular flexibility index (Phi) is 5.93. The molecule has 4 amide bonds. The highest BCUT2D eigenvalue weighted by molar-refractivity contribution is 6.31. The first-order valence-corrected chi connectivity index (χ1v) is 12.4. The van der Waals surface area contributed by atoms with E-state index in [-0.39, 0.29) is 10.0 Å². The van der Waals surface area contributed by atoms with Gasteiger partial charge in [-0.05, 0) is 48.5 Å². The molecular formula is C28H18Cl2F2N4O2. The van der Waals surface area contributed by atoms with E-state index in [2.05, 4.69) is 10.6 Å². The van der Waals surface area contributed by atoms with Crippen LogP contribution in [-0.4, -0.2) is 12.1 Å². The smallest absolute Gasteiger partial charge is 0.307 e. The summed E-state index contributed by atoms with van der Waals surface area (Å²) in [7, 11) is 0. The molecule has 0 bridgehead atoms. The van der Waals surface area contributed by atoms with Crippen molar-refractivity contribution in [3.8, 4) is 0 Å². The van der Waals surface area contributed by atoms with Gasteiger partial charge in [0.15, 0.2) is 0 Å². The molecule has 0 aromatic heterocycles. The average Bonchev–Trinajstić information content (AvgIpc) is 2.90. The Labute approximate surface area is 226 Å². The number of nitrogens with one attached hydrogen (secondary N) is 2. The second-order valence-corrected chi connectivity index (χ2v) is 9.68. The van der Waals surface area contributed by atoms with Gasteiger partial charge < -0.3 is 10.6 Å². The highest BCUT2D eigenvalue weighted by atomic mass is 35.5. The third-order valence-electron chi connectivity index (χ3n) is 6.70. The lowest BCUT2D eigenvalue weighted by atomic mass is 9.86. The summed E-state index contributed by atoms with van der Waals surface area (Å²) in [5.74, 6) is -1.26. The normalized spacial score (nSPS) is 18.4. The van der Waals surface area contributed by atoms with Crippen LogP contribution in [0.4, 0.5) is 41.1 Å². The Hall–Kier alpha value is -4.14. The zero-order chi connectivity index (χ0) is 26.6. The molecule has 6 rings (SSSR count). The molecule has 2 atom stereocenters. The average molecular weight is 551 g/mol. The fraction of sp³-hybridized carbons (Fsp3) is 0.0714. The Bertz CT molecular complexity index is 1500. The first kappa shape index (κ1) is 24.2. The van der Waals surface area contributed by atoms with Gasteiger partial charge >= 0.3 is 12.1 Å². The topological polar surface area (TPSA) is 64.7 Å². The van der Waals surface area contributed by atoms with Crippen LogP contribution >= 0.6 is 23.2 Å². The second kappa shape index (κ2) is 9.31. The zero-order valence-electron chi connectivity index (χ0n) is 19.5. The van der Waals surface area contributed by atoms with Gasteiger partial charge in [-0.3, -0.25) is 9.80 Å². The Morgan fingerprint density at radius 3 is 1.39 bits per heavy atom. The number of benzene rings is 4. The molecule has 0 saturated heterocycles. The van der Waals surface area contributed by atoms with Crippen LogP contribution in [0.3, 0.4) is 0 Å². The van der Waals surface area contributed by atoms with Crippen LogP contribution < -0.4 is 20.4 Å². The molecule has 2 unspecified atom stereocenters. The number of rotatable bonds is 3. The number of hydrogen-bond donors (Lipinski definition) is 2. The van der Waals surface area contributed by atoms with Gasteiger partial charge in [-0.25, -0.2) is 18.4 Å². The maximum atomic E-state index is 14.1. The molecule has 4 aromatic rings. The van der Waals surface area contributed by atoms with Crippen molar-refractivity contribution in [1.29, 1.82) is 0 Å². The quantitative estimate of drug-likeness (QED) is 0.270. The van der Waals surface area contributed by atoms with E-state index in [4.69, 9.17) is 23.2 Å². The summed E-state index contributed by atoms with van der Waals surface area (Å²) < 4.78 is 28.2. The van der Waals surface area contributed by atoms with E-state index in [1.807, 2.05) is 24.3 Å². The van der Waals surface area contributed by atoms with E-state index in [9.17, 15) is 18.4 Å². The van der Waals surface area contributed by atoms with Crippen molar-refractivity contribution in [1.82, 2.24) is 0 Å². The number of carbonyl (C=O) groups excluding carboxylic acids is 2. The Morgan fingerprint density at radius 1 is 0.605 bits per heavy atom. The van der Waals surface area contributed by atoms with E-state index < -0.39 is 35.8 Å². The highest BCUT2D eigenvalue weighted by Crippen LogP contribution is 2.50. The van der Waals surface area contributed by atoms with Crippen LogP contribution in [0.1, 0.15) is 23.2 Å². The summed E-state index contributed by atoms with van der Waals surface area (Å²) in [5.41, 5.74) is 3.20. The highest BCUT2D eigenvalue weighted by Gasteiger charge is 2.46. The van der Waals surface area contributed by atoms with Crippen LogP contribution in [0.15, 0.2) is 84.9 Å². The fourth-order valence-corrected chi connectivity index (χ4v) is 5.42. The SMILES string of the molecule is O=C1Nc2ccccc2C(C2c3ccccc3NC(=O)N2c2ccc(F)c(Cl)c2)N1c1ccc(F)c(Cl)c1. The Balaban J connectivity index is 1.63. The van der Waals surface area contributed by atoms with Crippen molar-refractivity contribution in [3.05, 3.63) is 118 Å². The van der Waals surface area contributed by atoms with Gasteiger partial charge in [0.25, 0.3) is 0 Å². The number of hydrogen-bond acceptors (Lipinski definition) is 2. The van der Waals surface area contributed by atoms with Gasteiger partial charge in [-0.2, -0.15) is 0 Å². The summed E-state index contributed by atoms with van der Waals surface area (Å²) in [6, 6.07) is 19.9. The van der Waals surface area contributed by atoms with E-state index in [1.54, 1.807) is 24.3 Å². The van der Waals surface area contributed by atoms with Crippen LogP contribution in [-0.2, 0) is 0 Å². The van der Waals surface area contributed by atoms with Crippen LogP contribution in [0, 0.1) is 11.6 Å². The summed E-state index contributed by atoms with van der Waals surface area (Å²) in [6.07, 6.45) is 0. The van der Waals surface area contributed by atoms with Gasteiger partial charge in [0.2, 0.25) is 0 Å². The molecule has 0 aliphatic carbocycles. The first-order chi connectivity index (χ1) is 18.3. The monoisotopic (exact) mass is 550 g/mol. The molecule has 10 heteroatoms. The van der Waals surface area contributed by atoms with E-state index in [0.717, 1.165) is 0 Å². The predicted octanol–water partition coefficient (Wildman–Crippen LogP) is 8.16. The molecule has 2 aliphatic rings. The predicted molar refractivity (Wildman–Crippen MR) is 144 cm³/mol. The first-order valence-electron chi connectivity index (χ1n) is 11.6. The van der Waals surface area contributed by atoms with Crippen LogP contribution in [0.25, 0.3) is 0 Å². The number of carbonyl (C=O) groups is 2. The second-order valence-electron chi connectivity index (χ2n) is 8.86. The minimum absolute atomic E-state index is 0.156. The van der Waals surface area contributed by atoms with Gasteiger partial charge in [0, 0.05) is 33.9 Å². The molecule has 0 saturated carbocycles. The van der Waals surface area contributed by atoms with Crippen LogP contribution in [0.5, 0.6) is 0 Å². The van der Waals surface area contributed by atoms with Crippen molar-refractivity contribution in [2.75, 3.05) is 20.4 Å². The number of para-hydroxylation sites is 2. The third kappa shape index (κ3) is 3.93. The maximum Gasteiger partial charge on any atom is 0.326 e. The van der Waals surface area contributed by atoms with E-state index in [1.165, 1.54) is 46.2 Å². The van der Waals surface area contributed by atoms with Crippen molar-refractivity contribution < 1.29 is 18.4 Å². The van der Waals surface area contributed by atoms with Crippen molar-refractivity contribution in [3.63, 3.8) is 0 Å². The fourth-order valence-electron chi connectivity index (χ4n) is 5.07. The number of anilines is 4. The molecule has 190 valence electrons. The molecule has 2 heterocycles. The van der Waals surface area contributed by atoms with Gasteiger partial charge in [-0.1, -0.05) is 59.6 Å². The summed E-state index contributed by atoms with van der Waals surface area (Å²) in [4.78, 5) is 30.2. The maximum absolute atomic E-state index is 14.1. The molecular weight excluding hydrogens is 533 g/mol. The number of urea groups is 2. The number of fused-ring (bicyclic) bond motifs is 2. The number of nitrogens with zero attached hydrogens (tertiary/aromatic N) is 2. The van der Waals surface area contributed by atoms with E-state index >= 15 is 0 Å². The van der Waals surface area contributed by atoms with E-state index in [0.29, 0.717) is 33.9 Å². The summed E-state index contributed by atoms with van der Waals surface area (Å²) in [5, 5.41) is 5.45. The molecule has 0 fully saturated rings. The van der Waals surface area contributed by atoms with Gasteiger partial charge in [0.1, 0.15) is 11.6 Å².